The molecule has 0 aromatic heterocycles. The zero-order chi connectivity index (χ0) is 14.6. The third-order valence-electron chi connectivity index (χ3n) is 3.24. The van der Waals surface area contributed by atoms with Crippen molar-refractivity contribution in [2.75, 3.05) is 13.1 Å². The summed E-state index contributed by atoms with van der Waals surface area (Å²) in [5.41, 5.74) is 5.03. The summed E-state index contributed by atoms with van der Waals surface area (Å²) in [7, 11) is 0. The van der Waals surface area contributed by atoms with Gasteiger partial charge in [-0.15, -0.1) is 0 Å². The summed E-state index contributed by atoms with van der Waals surface area (Å²) in [6.45, 7) is 5.33. The van der Waals surface area contributed by atoms with Gasteiger partial charge < -0.3 is 21.1 Å². The molecule has 108 valence electrons. The van der Waals surface area contributed by atoms with Gasteiger partial charge in [0.2, 0.25) is 5.91 Å². The van der Waals surface area contributed by atoms with Gasteiger partial charge in [-0.2, -0.15) is 0 Å². The number of rotatable bonds is 5. The summed E-state index contributed by atoms with van der Waals surface area (Å²) >= 11 is 0. The van der Waals surface area contributed by atoms with Crippen molar-refractivity contribution in [3.63, 3.8) is 0 Å². The van der Waals surface area contributed by atoms with Crippen LogP contribution in [0.2, 0.25) is 0 Å². The maximum absolute atomic E-state index is 11.9. The summed E-state index contributed by atoms with van der Waals surface area (Å²) in [5, 5.41) is 11.4. The molecule has 1 fully saturated rings. The first kappa shape index (κ1) is 15.3. The van der Waals surface area contributed by atoms with Gasteiger partial charge in [-0.25, -0.2) is 9.59 Å². The number of nitrogens with two attached hydrogens (primary N) is 1. The number of amides is 3. The highest BCUT2D eigenvalue weighted by atomic mass is 16.4. The first-order valence-electron chi connectivity index (χ1n) is 6.28. The van der Waals surface area contributed by atoms with E-state index in [1.165, 1.54) is 0 Å². The molecule has 4 N–H and O–H groups in total. The lowest BCUT2D eigenvalue weighted by Gasteiger charge is -2.22. The second kappa shape index (κ2) is 5.90. The number of carbonyl (C=O) groups is 3. The summed E-state index contributed by atoms with van der Waals surface area (Å²) in [6, 6.07) is -1.48. The smallest absolute Gasteiger partial charge is 0.326 e. The largest absolute Gasteiger partial charge is 0.480 e. The SMILES string of the molecule is CC1(C)CCN(C(=O)N[C@H](CCC(N)=O)C(=O)O)C1. The molecule has 0 spiro atoms. The second-order valence-electron chi connectivity index (χ2n) is 5.68. The van der Waals surface area contributed by atoms with E-state index in [1.807, 2.05) is 0 Å². The molecule has 3 amide bonds. The number of carboxylic acids is 1. The monoisotopic (exact) mass is 271 g/mol. The predicted molar refractivity (Wildman–Crippen MR) is 68.4 cm³/mol. The van der Waals surface area contributed by atoms with Crippen molar-refractivity contribution in [2.24, 2.45) is 11.1 Å². The van der Waals surface area contributed by atoms with Crippen molar-refractivity contribution < 1.29 is 19.5 Å². The molecule has 0 unspecified atom stereocenters. The van der Waals surface area contributed by atoms with Gasteiger partial charge in [0.25, 0.3) is 0 Å². The molecule has 1 heterocycles. The number of primary amides is 1. The van der Waals surface area contributed by atoms with E-state index in [0.717, 1.165) is 6.42 Å². The molecule has 1 aliphatic rings. The van der Waals surface area contributed by atoms with Crippen LogP contribution in [-0.2, 0) is 9.59 Å². The van der Waals surface area contributed by atoms with E-state index >= 15 is 0 Å². The fourth-order valence-corrected chi connectivity index (χ4v) is 2.07. The molecule has 1 rings (SSSR count). The van der Waals surface area contributed by atoms with Crippen LogP contribution in [-0.4, -0.2) is 47.0 Å². The van der Waals surface area contributed by atoms with Gasteiger partial charge in [-0.3, -0.25) is 4.79 Å². The molecule has 7 heteroatoms. The third-order valence-corrected chi connectivity index (χ3v) is 3.24. The van der Waals surface area contributed by atoms with Crippen LogP contribution in [0.3, 0.4) is 0 Å². The van der Waals surface area contributed by atoms with Gasteiger partial charge in [0.05, 0.1) is 0 Å². The molecule has 0 saturated carbocycles. The van der Waals surface area contributed by atoms with Crippen molar-refractivity contribution in [1.82, 2.24) is 10.2 Å². The van der Waals surface area contributed by atoms with E-state index in [2.05, 4.69) is 19.2 Å². The van der Waals surface area contributed by atoms with Crippen LogP contribution in [0, 0.1) is 5.41 Å². The number of likely N-dealkylation sites (tertiary alicyclic amines) is 1. The van der Waals surface area contributed by atoms with E-state index in [-0.39, 0.29) is 18.3 Å². The van der Waals surface area contributed by atoms with Crippen molar-refractivity contribution >= 4 is 17.9 Å². The molecular formula is C12H21N3O4. The van der Waals surface area contributed by atoms with Crippen LogP contribution < -0.4 is 11.1 Å². The minimum Gasteiger partial charge on any atom is -0.480 e. The maximum atomic E-state index is 11.9. The van der Waals surface area contributed by atoms with E-state index < -0.39 is 23.9 Å². The summed E-state index contributed by atoms with van der Waals surface area (Å²) in [6.07, 6.45) is 0.829. The second-order valence-corrected chi connectivity index (χ2v) is 5.68. The number of aliphatic carboxylic acids is 1. The number of hydrogen-bond acceptors (Lipinski definition) is 3. The number of carboxylic acid groups (broad SMARTS) is 1. The van der Waals surface area contributed by atoms with Gasteiger partial charge in [0.15, 0.2) is 0 Å². The fraction of sp³-hybridized carbons (Fsp3) is 0.750. The average Bonchev–Trinajstić information content (AvgIpc) is 2.64. The summed E-state index contributed by atoms with van der Waals surface area (Å²) < 4.78 is 0. The maximum Gasteiger partial charge on any atom is 0.326 e. The lowest BCUT2D eigenvalue weighted by Crippen LogP contribution is -2.47. The topological polar surface area (TPSA) is 113 Å². The molecule has 0 radical (unpaired) electrons. The Hall–Kier alpha value is -1.79. The zero-order valence-corrected chi connectivity index (χ0v) is 11.3. The number of urea groups is 1. The number of carbonyl (C=O) groups excluding carboxylic acids is 2. The van der Waals surface area contributed by atoms with E-state index in [4.69, 9.17) is 10.8 Å². The van der Waals surface area contributed by atoms with Gasteiger partial charge >= 0.3 is 12.0 Å². The van der Waals surface area contributed by atoms with Gasteiger partial charge in [-0.1, -0.05) is 13.8 Å². The first-order valence-corrected chi connectivity index (χ1v) is 6.28. The Morgan fingerprint density at radius 2 is 2.05 bits per heavy atom. The fourth-order valence-electron chi connectivity index (χ4n) is 2.07. The van der Waals surface area contributed by atoms with Gasteiger partial charge in [-0.05, 0) is 18.3 Å². The van der Waals surface area contributed by atoms with Gasteiger partial charge in [0, 0.05) is 19.5 Å². The van der Waals surface area contributed by atoms with Crippen LogP contribution in [0.5, 0.6) is 0 Å². The van der Waals surface area contributed by atoms with Gasteiger partial charge in [0.1, 0.15) is 6.04 Å². The van der Waals surface area contributed by atoms with Crippen LogP contribution >= 0.6 is 0 Å². The molecule has 1 aliphatic heterocycles. The number of hydrogen-bond donors (Lipinski definition) is 3. The Kier molecular flexibility index (Phi) is 4.74. The molecule has 19 heavy (non-hydrogen) atoms. The summed E-state index contributed by atoms with van der Waals surface area (Å²) in [5.74, 6) is -1.74. The molecule has 0 bridgehead atoms. The first-order chi connectivity index (χ1) is 8.71. The van der Waals surface area contributed by atoms with E-state index in [1.54, 1.807) is 4.90 Å². The van der Waals surface area contributed by atoms with E-state index in [0.29, 0.717) is 13.1 Å². The van der Waals surface area contributed by atoms with Crippen molar-refractivity contribution in [1.29, 1.82) is 0 Å². The lowest BCUT2D eigenvalue weighted by molar-refractivity contribution is -0.139. The van der Waals surface area contributed by atoms with E-state index in [9.17, 15) is 14.4 Å². The normalized spacial score (nSPS) is 18.9. The zero-order valence-electron chi connectivity index (χ0n) is 11.3. The number of nitrogens with one attached hydrogen (secondary N) is 1. The highest BCUT2D eigenvalue weighted by Crippen LogP contribution is 2.28. The molecule has 0 aromatic carbocycles. The van der Waals surface area contributed by atoms with Crippen molar-refractivity contribution in [2.45, 2.75) is 39.2 Å². The highest BCUT2D eigenvalue weighted by molar-refractivity contribution is 5.83. The lowest BCUT2D eigenvalue weighted by atomic mass is 9.93. The minimum absolute atomic E-state index is 0.00758. The Balaban J connectivity index is 2.52. The predicted octanol–water partition coefficient (Wildman–Crippen LogP) is 0.147. The van der Waals surface area contributed by atoms with Crippen LogP contribution in [0.4, 0.5) is 4.79 Å². The van der Waals surface area contributed by atoms with Crippen molar-refractivity contribution in [3.05, 3.63) is 0 Å². The highest BCUT2D eigenvalue weighted by Gasteiger charge is 2.33. The molecule has 1 saturated heterocycles. The third kappa shape index (κ3) is 4.76. The van der Waals surface area contributed by atoms with Crippen LogP contribution in [0.15, 0.2) is 0 Å². The Bertz CT molecular complexity index is 381. The molecule has 0 aromatic rings. The molecule has 0 aliphatic carbocycles. The van der Waals surface area contributed by atoms with Crippen LogP contribution in [0.1, 0.15) is 33.1 Å². The Morgan fingerprint density at radius 3 is 2.47 bits per heavy atom. The minimum atomic E-state index is -1.16. The van der Waals surface area contributed by atoms with Crippen LogP contribution in [0.25, 0.3) is 0 Å². The average molecular weight is 271 g/mol. The molecule has 1 atom stereocenters. The number of nitrogens with zero attached hydrogens (tertiary/aromatic N) is 1. The Morgan fingerprint density at radius 1 is 1.42 bits per heavy atom. The standard InChI is InChI=1S/C12H21N3O4/c1-12(2)5-6-15(7-12)11(19)14-8(10(17)18)3-4-9(13)16/h8H,3-7H2,1-2H3,(H2,13,16)(H,14,19)(H,17,18)/t8-/m1/s1. The summed E-state index contributed by atoms with van der Waals surface area (Å²) in [4.78, 5) is 35.2. The quantitative estimate of drug-likeness (QED) is 0.660. The molecular weight excluding hydrogens is 250 g/mol. The van der Waals surface area contributed by atoms with Crippen molar-refractivity contribution in [3.8, 4) is 0 Å². The molecule has 7 nitrogen and oxygen atoms in total. The Labute approximate surface area is 112 Å².